The number of nitrogens with zero attached hydrogens (tertiary/aromatic N) is 3. The molecule has 0 aliphatic carbocycles. The predicted molar refractivity (Wildman–Crippen MR) is 135 cm³/mol. The van der Waals surface area contributed by atoms with Crippen LogP contribution in [0.2, 0.25) is 0 Å². The summed E-state index contributed by atoms with van der Waals surface area (Å²) >= 11 is 0. The number of hydrogen-bond donors (Lipinski definition) is 3. The normalized spacial score (nSPS) is 14.1. The number of carbonyl (C=O) groups excluding carboxylic acids is 1. The van der Waals surface area contributed by atoms with E-state index in [1.807, 2.05) is 12.1 Å². The van der Waals surface area contributed by atoms with Crippen LogP contribution in [0.3, 0.4) is 0 Å². The molecule has 1 saturated heterocycles. The van der Waals surface area contributed by atoms with Gasteiger partial charge in [0.1, 0.15) is 17.5 Å². The Bertz CT molecular complexity index is 1140. The molecule has 0 spiro atoms. The van der Waals surface area contributed by atoms with Crippen LogP contribution in [0, 0.1) is 11.6 Å². The van der Waals surface area contributed by atoms with Gasteiger partial charge >= 0.3 is 0 Å². The average molecular weight is 481 g/mol. The fraction of sp³-hybridized carbons (Fsp3) is 0.308. The largest absolute Gasteiger partial charge is 0.380 e. The van der Waals surface area contributed by atoms with Crippen LogP contribution in [-0.4, -0.2) is 48.5 Å². The summed E-state index contributed by atoms with van der Waals surface area (Å²) in [6.07, 6.45) is 2.55. The molecule has 2 aromatic carbocycles. The second-order valence-electron chi connectivity index (χ2n) is 8.61. The number of amides is 1. The molecule has 0 bridgehead atoms. The molecule has 1 aromatic heterocycles. The number of nitrogens with one attached hydrogen (secondary N) is 2. The molecule has 1 aliphatic rings. The Labute approximate surface area is 203 Å². The summed E-state index contributed by atoms with van der Waals surface area (Å²) in [5.41, 5.74) is 8.50. The first-order valence-electron chi connectivity index (χ1n) is 11.7. The van der Waals surface area contributed by atoms with Crippen LogP contribution in [0.1, 0.15) is 29.3 Å². The number of piperazine rings is 1. The van der Waals surface area contributed by atoms with Gasteiger partial charge in [0, 0.05) is 62.4 Å². The molecule has 1 amide bonds. The second kappa shape index (κ2) is 11.1. The molecule has 2 heterocycles. The molecule has 4 N–H and O–H groups in total. The molecule has 1 aliphatic heterocycles. The lowest BCUT2D eigenvalue weighted by atomic mass is 10.1. The Balaban J connectivity index is 1.43. The molecule has 35 heavy (non-hydrogen) atoms. The van der Waals surface area contributed by atoms with Crippen molar-refractivity contribution in [3.05, 3.63) is 77.5 Å². The zero-order chi connectivity index (χ0) is 24.8. The Morgan fingerprint density at radius 2 is 1.71 bits per heavy atom. The van der Waals surface area contributed by atoms with E-state index in [1.165, 1.54) is 30.4 Å². The SMILES string of the molecule is CCCN1CCN(c2ccc(Nc3cc(NCc4cc(F)cc(F)c4)c(C(N)=O)cn3)cc2)CC1. The van der Waals surface area contributed by atoms with E-state index >= 15 is 0 Å². The van der Waals surface area contributed by atoms with Gasteiger partial charge in [0.2, 0.25) is 0 Å². The minimum atomic E-state index is -0.666. The molecule has 0 radical (unpaired) electrons. The van der Waals surface area contributed by atoms with E-state index in [0.29, 0.717) is 17.1 Å². The summed E-state index contributed by atoms with van der Waals surface area (Å²) in [4.78, 5) is 21.0. The molecular formula is C26H30F2N6O. The summed E-state index contributed by atoms with van der Waals surface area (Å²) in [7, 11) is 0. The third-order valence-electron chi connectivity index (χ3n) is 5.99. The number of rotatable bonds is 9. The Morgan fingerprint density at radius 3 is 2.34 bits per heavy atom. The highest BCUT2D eigenvalue weighted by molar-refractivity contribution is 5.98. The van der Waals surface area contributed by atoms with E-state index in [1.54, 1.807) is 6.07 Å². The Kier molecular flexibility index (Phi) is 7.77. The van der Waals surface area contributed by atoms with Crippen molar-refractivity contribution < 1.29 is 13.6 Å². The van der Waals surface area contributed by atoms with Gasteiger partial charge in [-0.05, 0) is 54.9 Å². The van der Waals surface area contributed by atoms with E-state index in [4.69, 9.17) is 5.73 Å². The van der Waals surface area contributed by atoms with E-state index in [2.05, 4.69) is 44.5 Å². The van der Waals surface area contributed by atoms with Crippen LogP contribution in [0.25, 0.3) is 0 Å². The standard InChI is InChI=1S/C26H30F2N6O/c1-2-7-33-8-10-34(11-9-33)22-5-3-21(4-6-22)32-25-15-24(23(17-31-25)26(29)35)30-16-18-12-19(27)14-20(28)13-18/h3-6,12-15,17H,2,7-11,16H2,1H3,(H2,29,35)(H2,30,31,32). The van der Waals surface area contributed by atoms with Gasteiger partial charge < -0.3 is 21.3 Å². The van der Waals surface area contributed by atoms with Crippen LogP contribution in [0.15, 0.2) is 54.7 Å². The molecule has 4 rings (SSSR count). The lowest BCUT2D eigenvalue weighted by Gasteiger charge is -2.36. The van der Waals surface area contributed by atoms with Crippen molar-refractivity contribution >= 4 is 28.8 Å². The summed E-state index contributed by atoms with van der Waals surface area (Å²) in [5, 5.41) is 6.26. The van der Waals surface area contributed by atoms with Gasteiger partial charge in [0.05, 0.1) is 11.3 Å². The highest BCUT2D eigenvalue weighted by atomic mass is 19.1. The first-order chi connectivity index (χ1) is 16.9. The maximum atomic E-state index is 13.5. The molecule has 0 unspecified atom stereocenters. The second-order valence-corrected chi connectivity index (χ2v) is 8.61. The van der Waals surface area contributed by atoms with Crippen molar-refractivity contribution in [2.45, 2.75) is 19.9 Å². The maximum absolute atomic E-state index is 13.5. The predicted octanol–water partition coefficient (Wildman–Crippen LogP) is 4.35. The van der Waals surface area contributed by atoms with E-state index < -0.39 is 17.5 Å². The number of nitrogens with two attached hydrogens (primary N) is 1. The first kappa shape index (κ1) is 24.4. The number of aromatic nitrogens is 1. The number of benzene rings is 2. The van der Waals surface area contributed by atoms with Crippen LogP contribution in [-0.2, 0) is 6.54 Å². The summed E-state index contributed by atoms with van der Waals surface area (Å²) in [5.74, 6) is -1.48. The molecule has 9 heteroatoms. The third kappa shape index (κ3) is 6.45. The zero-order valence-electron chi connectivity index (χ0n) is 19.7. The summed E-state index contributed by atoms with van der Waals surface area (Å²) < 4.78 is 27.0. The van der Waals surface area contributed by atoms with Gasteiger partial charge in [-0.15, -0.1) is 0 Å². The lowest BCUT2D eigenvalue weighted by molar-refractivity contribution is 0.100. The van der Waals surface area contributed by atoms with Gasteiger partial charge in [-0.2, -0.15) is 0 Å². The fourth-order valence-electron chi connectivity index (χ4n) is 4.23. The van der Waals surface area contributed by atoms with Crippen LogP contribution >= 0.6 is 0 Å². The molecule has 3 aromatic rings. The van der Waals surface area contributed by atoms with Crippen molar-refractivity contribution in [1.82, 2.24) is 9.88 Å². The molecule has 0 atom stereocenters. The summed E-state index contributed by atoms with van der Waals surface area (Å²) in [6, 6.07) is 13.0. The van der Waals surface area contributed by atoms with Crippen LogP contribution in [0.5, 0.6) is 0 Å². The molecule has 0 saturated carbocycles. The number of pyridine rings is 1. The minimum absolute atomic E-state index is 0.110. The van der Waals surface area contributed by atoms with Gasteiger partial charge in [-0.1, -0.05) is 6.92 Å². The monoisotopic (exact) mass is 480 g/mol. The number of carbonyl (C=O) groups is 1. The maximum Gasteiger partial charge on any atom is 0.252 e. The number of hydrogen-bond acceptors (Lipinski definition) is 6. The van der Waals surface area contributed by atoms with Crippen molar-refractivity contribution in [1.29, 1.82) is 0 Å². The molecule has 7 nitrogen and oxygen atoms in total. The quantitative estimate of drug-likeness (QED) is 0.422. The van der Waals surface area contributed by atoms with Crippen molar-refractivity contribution in [3.63, 3.8) is 0 Å². The molecule has 1 fully saturated rings. The Morgan fingerprint density at radius 1 is 1.03 bits per heavy atom. The average Bonchev–Trinajstić information content (AvgIpc) is 2.83. The van der Waals surface area contributed by atoms with Gasteiger partial charge in [-0.3, -0.25) is 9.69 Å². The first-order valence-corrected chi connectivity index (χ1v) is 11.7. The van der Waals surface area contributed by atoms with Gasteiger partial charge in [-0.25, -0.2) is 13.8 Å². The fourth-order valence-corrected chi connectivity index (χ4v) is 4.23. The van der Waals surface area contributed by atoms with Crippen molar-refractivity contribution in [2.24, 2.45) is 5.73 Å². The molecule has 184 valence electrons. The highest BCUT2D eigenvalue weighted by Crippen LogP contribution is 2.25. The number of anilines is 4. The summed E-state index contributed by atoms with van der Waals surface area (Å²) in [6.45, 7) is 7.62. The topological polar surface area (TPSA) is 86.5 Å². The third-order valence-corrected chi connectivity index (χ3v) is 5.99. The number of halogens is 2. The minimum Gasteiger partial charge on any atom is -0.380 e. The smallest absolute Gasteiger partial charge is 0.252 e. The lowest BCUT2D eigenvalue weighted by Crippen LogP contribution is -2.46. The van der Waals surface area contributed by atoms with Gasteiger partial charge in [0.15, 0.2) is 0 Å². The van der Waals surface area contributed by atoms with E-state index in [9.17, 15) is 13.6 Å². The highest BCUT2D eigenvalue weighted by Gasteiger charge is 2.16. The Hall–Kier alpha value is -3.72. The molecular weight excluding hydrogens is 450 g/mol. The van der Waals surface area contributed by atoms with Crippen molar-refractivity contribution in [2.75, 3.05) is 48.3 Å². The van der Waals surface area contributed by atoms with E-state index in [0.717, 1.165) is 44.5 Å². The zero-order valence-corrected chi connectivity index (χ0v) is 19.7. The van der Waals surface area contributed by atoms with Crippen LogP contribution < -0.4 is 21.3 Å². The van der Waals surface area contributed by atoms with Crippen molar-refractivity contribution in [3.8, 4) is 0 Å². The van der Waals surface area contributed by atoms with Crippen LogP contribution in [0.4, 0.5) is 31.7 Å². The van der Waals surface area contributed by atoms with E-state index in [-0.39, 0.29) is 12.1 Å². The number of primary amides is 1. The van der Waals surface area contributed by atoms with Gasteiger partial charge in [0.25, 0.3) is 5.91 Å².